The van der Waals surface area contributed by atoms with Gasteiger partial charge in [-0.2, -0.15) is 4.31 Å². The van der Waals surface area contributed by atoms with Gasteiger partial charge in [0.15, 0.2) is 6.61 Å². The molecule has 2 rings (SSSR count). The lowest BCUT2D eigenvalue weighted by Gasteiger charge is -2.26. The van der Waals surface area contributed by atoms with Crippen LogP contribution in [0.2, 0.25) is 0 Å². The molecule has 10 heteroatoms. The summed E-state index contributed by atoms with van der Waals surface area (Å²) in [6.07, 6.45) is 0.737. The number of hydrogen-bond acceptors (Lipinski definition) is 6. The van der Waals surface area contributed by atoms with E-state index < -0.39 is 39.2 Å². The van der Waals surface area contributed by atoms with Gasteiger partial charge in [-0.05, 0) is 24.6 Å². The topological polar surface area (TPSA) is 102 Å². The Hall–Kier alpha value is -2.04. The zero-order chi connectivity index (χ0) is 19.2. The zero-order valence-electron chi connectivity index (χ0n) is 14.4. The highest BCUT2D eigenvalue weighted by atomic mass is 32.2. The van der Waals surface area contributed by atoms with Crippen LogP contribution < -0.4 is 5.32 Å². The van der Waals surface area contributed by atoms with E-state index in [1.807, 2.05) is 6.92 Å². The number of nitrogens with zero attached hydrogens (tertiary/aromatic N) is 1. The fraction of sp³-hybridized carbons (Fsp3) is 0.500. The standard InChI is InChI=1S/C16H21FN2O6S/c1-2-5-18-15(20)11-25-16(21)12-3-4-13(17)14(10-12)26(22,23)19-6-8-24-9-7-19/h3-4,10H,2,5-9,11H2,1H3,(H,18,20). The molecule has 0 bridgehead atoms. The predicted octanol–water partition coefficient (Wildman–Crippen LogP) is 0.530. The summed E-state index contributed by atoms with van der Waals surface area (Å²) < 4.78 is 50.3. The van der Waals surface area contributed by atoms with Crippen molar-refractivity contribution < 1.29 is 31.9 Å². The van der Waals surface area contributed by atoms with Crippen LogP contribution in [0.15, 0.2) is 23.1 Å². The molecule has 26 heavy (non-hydrogen) atoms. The van der Waals surface area contributed by atoms with Crippen LogP contribution in [-0.4, -0.2) is 64.1 Å². The molecule has 0 aliphatic carbocycles. The second-order valence-electron chi connectivity index (χ2n) is 5.59. The highest BCUT2D eigenvalue weighted by Crippen LogP contribution is 2.22. The van der Waals surface area contributed by atoms with E-state index in [0.29, 0.717) is 6.54 Å². The van der Waals surface area contributed by atoms with Gasteiger partial charge in [-0.15, -0.1) is 0 Å². The SMILES string of the molecule is CCCNC(=O)COC(=O)c1ccc(F)c(S(=O)(=O)N2CCOCC2)c1. The van der Waals surface area contributed by atoms with Gasteiger partial charge in [-0.3, -0.25) is 4.79 Å². The molecule has 1 amide bonds. The van der Waals surface area contributed by atoms with Crippen molar-refractivity contribution in [2.24, 2.45) is 0 Å². The van der Waals surface area contributed by atoms with Crippen LogP contribution in [-0.2, 0) is 24.3 Å². The van der Waals surface area contributed by atoms with Crippen LogP contribution in [0.1, 0.15) is 23.7 Å². The number of amides is 1. The smallest absolute Gasteiger partial charge is 0.338 e. The van der Waals surface area contributed by atoms with Gasteiger partial charge < -0.3 is 14.8 Å². The fourth-order valence-corrected chi connectivity index (χ4v) is 3.78. The first kappa shape index (κ1) is 20.3. The molecule has 0 saturated carbocycles. The highest BCUT2D eigenvalue weighted by Gasteiger charge is 2.30. The van der Waals surface area contributed by atoms with E-state index in [-0.39, 0.29) is 31.9 Å². The molecule has 0 atom stereocenters. The number of sulfonamides is 1. The molecule has 1 aliphatic heterocycles. The van der Waals surface area contributed by atoms with E-state index in [1.165, 1.54) is 0 Å². The van der Waals surface area contributed by atoms with Crippen molar-refractivity contribution in [3.63, 3.8) is 0 Å². The minimum atomic E-state index is -4.10. The third-order valence-corrected chi connectivity index (χ3v) is 5.57. The summed E-state index contributed by atoms with van der Waals surface area (Å²) in [6, 6.07) is 2.92. The van der Waals surface area contributed by atoms with E-state index in [0.717, 1.165) is 28.9 Å². The van der Waals surface area contributed by atoms with Gasteiger partial charge in [0.1, 0.15) is 10.7 Å². The molecule has 0 aromatic heterocycles. The Morgan fingerprint density at radius 1 is 1.31 bits per heavy atom. The van der Waals surface area contributed by atoms with E-state index in [9.17, 15) is 22.4 Å². The van der Waals surface area contributed by atoms with Gasteiger partial charge in [0.2, 0.25) is 10.0 Å². The summed E-state index contributed by atoms with van der Waals surface area (Å²) in [6.45, 7) is 2.48. The van der Waals surface area contributed by atoms with Crippen molar-refractivity contribution in [2.45, 2.75) is 18.2 Å². The minimum absolute atomic E-state index is 0.105. The maximum Gasteiger partial charge on any atom is 0.338 e. The number of rotatable bonds is 7. The van der Waals surface area contributed by atoms with E-state index in [1.54, 1.807) is 0 Å². The van der Waals surface area contributed by atoms with E-state index in [2.05, 4.69) is 5.32 Å². The van der Waals surface area contributed by atoms with Crippen molar-refractivity contribution >= 4 is 21.9 Å². The van der Waals surface area contributed by atoms with Gasteiger partial charge in [0, 0.05) is 19.6 Å². The Balaban J connectivity index is 2.13. The number of nitrogens with one attached hydrogen (secondary N) is 1. The molecule has 1 heterocycles. The molecule has 1 N–H and O–H groups in total. The number of halogens is 1. The van der Waals surface area contributed by atoms with Gasteiger partial charge in [-0.1, -0.05) is 6.92 Å². The lowest BCUT2D eigenvalue weighted by molar-refractivity contribution is -0.124. The van der Waals surface area contributed by atoms with Gasteiger partial charge >= 0.3 is 5.97 Å². The second-order valence-corrected chi connectivity index (χ2v) is 7.49. The Morgan fingerprint density at radius 3 is 2.65 bits per heavy atom. The fourth-order valence-electron chi connectivity index (χ4n) is 2.28. The first-order valence-electron chi connectivity index (χ1n) is 8.17. The lowest BCUT2D eigenvalue weighted by Crippen LogP contribution is -2.41. The molecule has 1 saturated heterocycles. The average molecular weight is 388 g/mol. The maximum atomic E-state index is 14.1. The third kappa shape index (κ3) is 4.99. The van der Waals surface area contributed by atoms with Crippen molar-refractivity contribution in [1.29, 1.82) is 0 Å². The van der Waals surface area contributed by atoms with E-state index >= 15 is 0 Å². The van der Waals surface area contributed by atoms with Gasteiger partial charge in [0.05, 0.1) is 18.8 Å². The molecular formula is C16H21FN2O6S. The summed E-state index contributed by atoms with van der Waals surface area (Å²) in [5.41, 5.74) is -0.151. The summed E-state index contributed by atoms with van der Waals surface area (Å²) >= 11 is 0. The zero-order valence-corrected chi connectivity index (χ0v) is 15.2. The predicted molar refractivity (Wildman–Crippen MR) is 89.6 cm³/mol. The quantitative estimate of drug-likeness (QED) is 0.684. The first-order valence-corrected chi connectivity index (χ1v) is 9.61. The van der Waals surface area contributed by atoms with Gasteiger partial charge in [0.25, 0.3) is 5.91 Å². The van der Waals surface area contributed by atoms with Crippen LogP contribution >= 0.6 is 0 Å². The van der Waals surface area contributed by atoms with E-state index in [4.69, 9.17) is 9.47 Å². The molecule has 8 nitrogen and oxygen atoms in total. The van der Waals surface area contributed by atoms with Crippen LogP contribution in [0, 0.1) is 5.82 Å². The Kier molecular flexibility index (Phi) is 7.06. The summed E-state index contributed by atoms with van der Waals surface area (Å²) in [5.74, 6) is -2.34. The van der Waals surface area contributed by atoms with Crippen LogP contribution in [0.25, 0.3) is 0 Å². The number of morpholine rings is 1. The van der Waals surface area contributed by atoms with Crippen molar-refractivity contribution in [3.8, 4) is 0 Å². The number of hydrogen-bond donors (Lipinski definition) is 1. The van der Waals surface area contributed by atoms with Crippen molar-refractivity contribution in [3.05, 3.63) is 29.6 Å². The monoisotopic (exact) mass is 388 g/mol. The molecule has 1 aromatic carbocycles. The number of carbonyl (C=O) groups is 2. The minimum Gasteiger partial charge on any atom is -0.452 e. The number of esters is 1. The molecule has 0 unspecified atom stereocenters. The molecule has 0 radical (unpaired) electrons. The number of benzene rings is 1. The summed E-state index contributed by atoms with van der Waals surface area (Å²) in [4.78, 5) is 22.9. The van der Waals surface area contributed by atoms with Crippen molar-refractivity contribution in [2.75, 3.05) is 39.5 Å². The highest BCUT2D eigenvalue weighted by molar-refractivity contribution is 7.89. The molecule has 1 aromatic rings. The Morgan fingerprint density at radius 2 is 2.00 bits per heavy atom. The maximum absolute atomic E-state index is 14.1. The largest absolute Gasteiger partial charge is 0.452 e. The average Bonchev–Trinajstić information content (AvgIpc) is 2.65. The van der Waals surface area contributed by atoms with Crippen LogP contribution in [0.3, 0.4) is 0 Å². The van der Waals surface area contributed by atoms with Crippen LogP contribution in [0.4, 0.5) is 4.39 Å². The molecule has 0 spiro atoms. The summed E-state index contributed by atoms with van der Waals surface area (Å²) in [7, 11) is -4.10. The van der Waals surface area contributed by atoms with Crippen LogP contribution in [0.5, 0.6) is 0 Å². The lowest BCUT2D eigenvalue weighted by atomic mass is 10.2. The molecule has 144 valence electrons. The normalized spacial score (nSPS) is 15.5. The third-order valence-electron chi connectivity index (χ3n) is 3.66. The second kappa shape index (κ2) is 9.06. The molecular weight excluding hydrogens is 367 g/mol. The first-order chi connectivity index (χ1) is 12.4. The number of ether oxygens (including phenoxy) is 2. The molecule has 1 fully saturated rings. The Bertz CT molecular complexity index is 762. The number of carbonyl (C=O) groups excluding carboxylic acids is 2. The van der Waals surface area contributed by atoms with Crippen molar-refractivity contribution in [1.82, 2.24) is 9.62 Å². The van der Waals surface area contributed by atoms with Gasteiger partial charge in [-0.25, -0.2) is 17.6 Å². The molecule has 1 aliphatic rings. The summed E-state index contributed by atoms with van der Waals surface area (Å²) in [5, 5.41) is 2.54. The Labute approximate surface area is 151 Å².